The number of nitrogens with zero attached hydrogens (tertiary/aromatic N) is 2. The predicted octanol–water partition coefficient (Wildman–Crippen LogP) is 0.606. The van der Waals surface area contributed by atoms with Crippen LogP contribution in [-0.4, -0.2) is 39.3 Å². The summed E-state index contributed by atoms with van der Waals surface area (Å²) in [5.41, 5.74) is 1.54. The average Bonchev–Trinajstić information content (AvgIpc) is 2.38. The van der Waals surface area contributed by atoms with Gasteiger partial charge in [-0.05, 0) is 18.2 Å². The molecule has 1 saturated heterocycles. The van der Waals surface area contributed by atoms with Crippen molar-refractivity contribution in [1.82, 2.24) is 0 Å². The first-order chi connectivity index (χ1) is 8.55. The zero-order chi connectivity index (χ0) is 13.2. The number of carbonyl (C=O) groups is 1. The fourth-order valence-electron chi connectivity index (χ4n) is 1.95. The molecule has 2 rings (SSSR count). The minimum Gasteiger partial charge on any atom is -0.368 e. The molecule has 0 spiro atoms. The molecule has 0 atom stereocenters. The van der Waals surface area contributed by atoms with Crippen LogP contribution in [-0.2, 0) is 9.84 Å². The summed E-state index contributed by atoms with van der Waals surface area (Å²) in [6, 6.07) is 6.88. The SMILES string of the molecule is N#Cc1cc(C=O)ccc1N1CCS(=O)(=O)CC1. The molecule has 5 nitrogen and oxygen atoms in total. The molecule has 0 aliphatic carbocycles. The Morgan fingerprint density at radius 3 is 2.50 bits per heavy atom. The quantitative estimate of drug-likeness (QED) is 0.731. The van der Waals surface area contributed by atoms with Gasteiger partial charge in [0.15, 0.2) is 9.84 Å². The van der Waals surface area contributed by atoms with Gasteiger partial charge in [0, 0.05) is 18.7 Å². The molecule has 0 amide bonds. The lowest BCUT2D eigenvalue weighted by atomic mass is 10.1. The number of carbonyl (C=O) groups excluding carboxylic acids is 1. The molecule has 0 aromatic heterocycles. The van der Waals surface area contributed by atoms with Crippen molar-refractivity contribution in [3.63, 3.8) is 0 Å². The van der Waals surface area contributed by atoms with E-state index >= 15 is 0 Å². The van der Waals surface area contributed by atoms with Crippen LogP contribution in [0.15, 0.2) is 18.2 Å². The molecule has 1 aliphatic heterocycles. The van der Waals surface area contributed by atoms with Gasteiger partial charge in [-0.2, -0.15) is 5.26 Å². The van der Waals surface area contributed by atoms with Gasteiger partial charge in [-0.15, -0.1) is 0 Å². The molecular formula is C12H12N2O3S. The van der Waals surface area contributed by atoms with E-state index < -0.39 is 9.84 Å². The van der Waals surface area contributed by atoms with Crippen LogP contribution in [0.1, 0.15) is 15.9 Å². The van der Waals surface area contributed by atoms with E-state index in [1.807, 2.05) is 11.0 Å². The number of benzene rings is 1. The van der Waals surface area contributed by atoms with E-state index in [9.17, 15) is 13.2 Å². The molecule has 1 aromatic carbocycles. The summed E-state index contributed by atoms with van der Waals surface area (Å²) in [7, 11) is -2.94. The molecule has 18 heavy (non-hydrogen) atoms. The van der Waals surface area contributed by atoms with Gasteiger partial charge >= 0.3 is 0 Å². The van der Waals surface area contributed by atoms with Gasteiger partial charge in [-0.1, -0.05) is 0 Å². The number of nitriles is 1. The average molecular weight is 264 g/mol. The standard InChI is InChI=1S/C12H12N2O3S/c13-8-11-7-10(9-15)1-2-12(11)14-3-5-18(16,17)6-4-14/h1-2,7,9H,3-6H2. The van der Waals surface area contributed by atoms with Crippen LogP contribution >= 0.6 is 0 Å². The van der Waals surface area contributed by atoms with Crippen LogP contribution < -0.4 is 4.90 Å². The largest absolute Gasteiger partial charge is 0.368 e. The Bertz CT molecular complexity index is 603. The van der Waals surface area contributed by atoms with E-state index in [1.54, 1.807) is 12.1 Å². The van der Waals surface area contributed by atoms with Gasteiger partial charge in [0.2, 0.25) is 0 Å². The fourth-order valence-corrected chi connectivity index (χ4v) is 3.15. The molecule has 0 saturated carbocycles. The summed E-state index contributed by atoms with van der Waals surface area (Å²) < 4.78 is 22.7. The van der Waals surface area contributed by atoms with Crippen molar-refractivity contribution >= 4 is 21.8 Å². The maximum Gasteiger partial charge on any atom is 0.153 e. The third-order valence-corrected chi connectivity index (χ3v) is 4.57. The molecular weight excluding hydrogens is 252 g/mol. The summed E-state index contributed by atoms with van der Waals surface area (Å²) in [5.74, 6) is 0.209. The van der Waals surface area contributed by atoms with Crippen LogP contribution in [0.2, 0.25) is 0 Å². The van der Waals surface area contributed by atoms with Gasteiger partial charge in [0.05, 0.1) is 22.8 Å². The molecule has 94 valence electrons. The highest BCUT2D eigenvalue weighted by Crippen LogP contribution is 2.22. The van der Waals surface area contributed by atoms with Crippen LogP contribution in [0.4, 0.5) is 5.69 Å². The highest BCUT2D eigenvalue weighted by atomic mass is 32.2. The maximum absolute atomic E-state index is 11.3. The Morgan fingerprint density at radius 2 is 1.94 bits per heavy atom. The zero-order valence-corrected chi connectivity index (χ0v) is 10.5. The van der Waals surface area contributed by atoms with Crippen molar-refractivity contribution in [2.45, 2.75) is 0 Å². The molecule has 6 heteroatoms. The highest BCUT2D eigenvalue weighted by molar-refractivity contribution is 7.91. The first kappa shape index (κ1) is 12.6. The molecule has 1 aliphatic rings. The number of hydrogen-bond acceptors (Lipinski definition) is 5. The van der Waals surface area contributed by atoms with Crippen molar-refractivity contribution in [3.05, 3.63) is 29.3 Å². The molecule has 0 bridgehead atoms. The zero-order valence-electron chi connectivity index (χ0n) is 9.67. The molecule has 1 heterocycles. The van der Waals surface area contributed by atoms with Crippen LogP contribution in [0.5, 0.6) is 0 Å². The second-order valence-electron chi connectivity index (χ2n) is 4.15. The summed E-state index contributed by atoms with van der Waals surface area (Å²) in [6.45, 7) is 0.773. The Morgan fingerprint density at radius 1 is 1.28 bits per heavy atom. The Hall–Kier alpha value is -1.87. The number of rotatable bonds is 2. The Labute approximate surface area is 106 Å². The van der Waals surface area contributed by atoms with Gasteiger partial charge in [0.1, 0.15) is 12.4 Å². The lowest BCUT2D eigenvalue weighted by molar-refractivity contribution is 0.112. The van der Waals surface area contributed by atoms with Crippen molar-refractivity contribution in [2.24, 2.45) is 0 Å². The minimum atomic E-state index is -2.94. The van der Waals surface area contributed by atoms with Gasteiger partial charge < -0.3 is 4.90 Å². The van der Waals surface area contributed by atoms with E-state index in [4.69, 9.17) is 5.26 Å². The summed E-state index contributed by atoms with van der Waals surface area (Å²) in [6.07, 6.45) is 0.686. The van der Waals surface area contributed by atoms with Gasteiger partial charge in [0.25, 0.3) is 0 Å². The monoisotopic (exact) mass is 264 g/mol. The van der Waals surface area contributed by atoms with E-state index in [2.05, 4.69) is 0 Å². The summed E-state index contributed by atoms with van der Waals surface area (Å²) in [5, 5.41) is 9.06. The van der Waals surface area contributed by atoms with Gasteiger partial charge in [-0.25, -0.2) is 8.42 Å². The van der Waals surface area contributed by atoms with Crippen molar-refractivity contribution in [1.29, 1.82) is 5.26 Å². The summed E-state index contributed by atoms with van der Waals surface area (Å²) in [4.78, 5) is 12.5. The number of anilines is 1. The molecule has 0 radical (unpaired) electrons. The smallest absolute Gasteiger partial charge is 0.153 e. The normalized spacial score (nSPS) is 18.1. The Balaban J connectivity index is 2.30. The maximum atomic E-state index is 11.3. The van der Waals surface area contributed by atoms with Crippen molar-refractivity contribution in [3.8, 4) is 6.07 Å². The number of sulfone groups is 1. The molecule has 0 N–H and O–H groups in total. The van der Waals surface area contributed by atoms with E-state index in [0.29, 0.717) is 36.2 Å². The molecule has 0 unspecified atom stereocenters. The lowest BCUT2D eigenvalue weighted by Crippen LogP contribution is -2.40. The third-order valence-electron chi connectivity index (χ3n) is 2.96. The highest BCUT2D eigenvalue weighted by Gasteiger charge is 2.23. The van der Waals surface area contributed by atoms with E-state index in [0.717, 1.165) is 0 Å². The number of aldehydes is 1. The first-order valence-electron chi connectivity index (χ1n) is 5.50. The Kier molecular flexibility index (Phi) is 3.34. The van der Waals surface area contributed by atoms with Crippen LogP contribution in [0.25, 0.3) is 0 Å². The van der Waals surface area contributed by atoms with E-state index in [1.165, 1.54) is 6.07 Å². The summed E-state index contributed by atoms with van der Waals surface area (Å²) >= 11 is 0. The molecule has 1 aromatic rings. The fraction of sp³-hybridized carbons (Fsp3) is 0.333. The topological polar surface area (TPSA) is 78.2 Å². The second-order valence-corrected chi connectivity index (χ2v) is 6.45. The number of hydrogen-bond donors (Lipinski definition) is 0. The minimum absolute atomic E-state index is 0.104. The van der Waals surface area contributed by atoms with Crippen molar-refractivity contribution in [2.75, 3.05) is 29.5 Å². The first-order valence-corrected chi connectivity index (χ1v) is 7.32. The predicted molar refractivity (Wildman–Crippen MR) is 67.4 cm³/mol. The molecule has 1 fully saturated rings. The van der Waals surface area contributed by atoms with Crippen LogP contribution in [0.3, 0.4) is 0 Å². The second kappa shape index (κ2) is 4.78. The van der Waals surface area contributed by atoms with Crippen LogP contribution in [0, 0.1) is 11.3 Å². The van der Waals surface area contributed by atoms with Gasteiger partial charge in [-0.3, -0.25) is 4.79 Å². The third kappa shape index (κ3) is 2.51. The van der Waals surface area contributed by atoms with Crippen molar-refractivity contribution < 1.29 is 13.2 Å². The van der Waals surface area contributed by atoms with E-state index in [-0.39, 0.29) is 11.5 Å². The lowest BCUT2D eigenvalue weighted by Gasteiger charge is -2.29.